The number of esters is 1. The normalized spacial score (nSPS) is 19.0. The third kappa shape index (κ3) is 5.51. The second kappa shape index (κ2) is 12.1. The van der Waals surface area contributed by atoms with Gasteiger partial charge in [0.05, 0.1) is 28.8 Å². The molecule has 224 valence electrons. The zero-order chi connectivity index (χ0) is 31.1. The van der Waals surface area contributed by atoms with E-state index in [4.69, 9.17) is 4.74 Å². The van der Waals surface area contributed by atoms with Crippen LogP contribution in [0, 0.1) is 11.7 Å². The first kappa shape index (κ1) is 30.0. The molecule has 13 heteroatoms. The summed E-state index contributed by atoms with van der Waals surface area (Å²) in [4.78, 5) is 67.7. The van der Waals surface area contributed by atoms with Crippen LogP contribution in [0.4, 0.5) is 15.8 Å². The number of halogens is 2. The molecule has 1 aromatic heterocycles. The molecule has 3 atom stereocenters. The Kier molecular flexibility index (Phi) is 8.27. The second-order valence-electron chi connectivity index (χ2n) is 10.1. The van der Waals surface area contributed by atoms with Crippen LogP contribution in [0.3, 0.4) is 0 Å². The first-order chi connectivity index (χ1) is 21.2. The summed E-state index contributed by atoms with van der Waals surface area (Å²) in [5, 5.41) is 2.25. The molecule has 1 N–H and O–H groups in total. The summed E-state index contributed by atoms with van der Waals surface area (Å²) in [5.74, 6) is -3.77. The average Bonchev–Trinajstić information content (AvgIpc) is 3.45. The number of hydrogen-bond acceptors (Lipinski definition) is 8. The van der Waals surface area contributed by atoms with Gasteiger partial charge in [-0.15, -0.1) is 0 Å². The first-order valence-corrected chi connectivity index (χ1v) is 16.0. The van der Waals surface area contributed by atoms with E-state index in [1.54, 1.807) is 6.92 Å². The molecule has 1 fully saturated rings. The van der Waals surface area contributed by atoms with E-state index in [0.717, 1.165) is 38.0 Å². The van der Waals surface area contributed by atoms with Gasteiger partial charge in [-0.05, 0) is 73.2 Å². The van der Waals surface area contributed by atoms with Crippen molar-refractivity contribution < 1.29 is 28.3 Å². The van der Waals surface area contributed by atoms with Gasteiger partial charge in [0.1, 0.15) is 17.6 Å². The molecule has 0 radical (unpaired) electrons. The van der Waals surface area contributed by atoms with Gasteiger partial charge in [0.25, 0.3) is 0 Å². The molecule has 6 rings (SSSR count). The van der Waals surface area contributed by atoms with Crippen molar-refractivity contribution in [2.75, 3.05) is 16.8 Å². The number of anilines is 2. The van der Waals surface area contributed by atoms with Crippen molar-refractivity contribution in [1.82, 2.24) is 4.57 Å². The van der Waals surface area contributed by atoms with Gasteiger partial charge in [-0.1, -0.05) is 51.2 Å². The fourth-order valence-electron chi connectivity index (χ4n) is 5.38. The number of nitrogens with one attached hydrogen (secondary N) is 1. The Labute approximate surface area is 267 Å². The zero-order valence-electron chi connectivity index (χ0n) is 23.0. The number of imide groups is 1. The summed E-state index contributed by atoms with van der Waals surface area (Å²) >= 11 is 5.48. The Morgan fingerprint density at radius 3 is 2.30 bits per heavy atom. The predicted molar refractivity (Wildman–Crippen MR) is 168 cm³/mol. The van der Waals surface area contributed by atoms with Gasteiger partial charge < -0.3 is 10.1 Å². The number of aromatic nitrogens is 1. The van der Waals surface area contributed by atoms with Crippen LogP contribution in [0.15, 0.2) is 87.1 Å². The van der Waals surface area contributed by atoms with Gasteiger partial charge in [-0.2, -0.15) is 0 Å². The van der Waals surface area contributed by atoms with Gasteiger partial charge in [0.2, 0.25) is 17.7 Å². The maximum Gasteiger partial charge on any atom is 0.338 e. The second-order valence-corrected chi connectivity index (χ2v) is 13.1. The molecule has 2 aliphatic heterocycles. The molecule has 0 bridgehead atoms. The minimum Gasteiger partial charge on any atom is -0.462 e. The lowest BCUT2D eigenvalue weighted by molar-refractivity contribution is -0.122. The van der Waals surface area contributed by atoms with Crippen molar-refractivity contribution in [2.45, 2.75) is 29.7 Å². The SMILES string of the molecule is CCOC(=O)c1ccc(N2C(=O)C3Sc4c(sc(=O)n4CC(=O)Nc4ccc(F)cc4)[C@H](c4ccc(Br)cc4)C3C2=O)cc1. The number of amides is 3. The fourth-order valence-corrected chi connectivity index (χ4v) is 8.41. The van der Waals surface area contributed by atoms with Crippen LogP contribution in [0.25, 0.3) is 0 Å². The predicted octanol–water partition coefficient (Wildman–Crippen LogP) is 5.42. The summed E-state index contributed by atoms with van der Waals surface area (Å²) in [6.45, 7) is 1.58. The number of carbonyl (C=O) groups excluding carboxylic acids is 4. The summed E-state index contributed by atoms with van der Waals surface area (Å²) in [6, 6.07) is 18.7. The van der Waals surface area contributed by atoms with E-state index in [2.05, 4.69) is 21.2 Å². The van der Waals surface area contributed by atoms with E-state index in [0.29, 0.717) is 26.8 Å². The minimum absolute atomic E-state index is 0.213. The largest absolute Gasteiger partial charge is 0.462 e. The van der Waals surface area contributed by atoms with E-state index >= 15 is 0 Å². The number of fused-ring (bicyclic) bond motifs is 2. The lowest BCUT2D eigenvalue weighted by Crippen LogP contribution is -2.33. The van der Waals surface area contributed by atoms with E-state index in [1.807, 2.05) is 24.3 Å². The van der Waals surface area contributed by atoms with Crippen LogP contribution in [-0.4, -0.2) is 40.1 Å². The summed E-state index contributed by atoms with van der Waals surface area (Å²) in [6.07, 6.45) is 0. The van der Waals surface area contributed by atoms with E-state index in [-0.39, 0.29) is 13.2 Å². The third-order valence-electron chi connectivity index (χ3n) is 7.34. The maximum absolute atomic E-state index is 14.0. The number of hydrogen-bond donors (Lipinski definition) is 1. The highest BCUT2D eigenvalue weighted by Gasteiger charge is 2.56. The lowest BCUT2D eigenvalue weighted by Gasteiger charge is -2.30. The molecule has 0 aliphatic carbocycles. The van der Waals surface area contributed by atoms with Gasteiger partial charge in [0, 0.05) is 21.0 Å². The van der Waals surface area contributed by atoms with E-state index in [9.17, 15) is 28.4 Å². The third-order valence-corrected chi connectivity index (χ3v) is 10.5. The van der Waals surface area contributed by atoms with Gasteiger partial charge in [0.15, 0.2) is 0 Å². The van der Waals surface area contributed by atoms with E-state index < -0.39 is 51.5 Å². The van der Waals surface area contributed by atoms with Gasteiger partial charge in [-0.3, -0.25) is 23.7 Å². The van der Waals surface area contributed by atoms with Crippen molar-refractivity contribution in [2.24, 2.45) is 5.92 Å². The monoisotopic (exact) mass is 695 g/mol. The molecule has 0 saturated carbocycles. The molecular weight excluding hydrogens is 673 g/mol. The Bertz CT molecular complexity index is 1840. The van der Waals surface area contributed by atoms with Gasteiger partial charge in [-0.25, -0.2) is 14.1 Å². The molecular formula is C31H23BrFN3O6S2. The summed E-state index contributed by atoms with van der Waals surface area (Å²) in [5.41, 5.74) is 1.72. The standard InChI is InChI=1S/C31H23BrFN3O6S2/c1-2-42-30(40)17-5-13-21(14-6-17)36-27(38)24-23(16-3-7-18(32)8-4-16)26-29(43-25(24)28(36)39)35(31(41)44-26)15-22(37)34-20-11-9-19(33)10-12-20/h3-14,23-25H,2,15H2,1H3,(H,34,37)/t23-,24?,25?/m1/s1. The van der Waals surface area contributed by atoms with E-state index in [1.165, 1.54) is 53.1 Å². The summed E-state index contributed by atoms with van der Waals surface area (Å²) in [7, 11) is 0. The molecule has 1 saturated heterocycles. The Balaban J connectivity index is 1.36. The Morgan fingerprint density at radius 2 is 1.64 bits per heavy atom. The molecule has 44 heavy (non-hydrogen) atoms. The van der Waals surface area contributed by atoms with Gasteiger partial charge >= 0.3 is 10.8 Å². The number of rotatable bonds is 7. The van der Waals surface area contributed by atoms with Crippen LogP contribution < -0.4 is 15.1 Å². The van der Waals surface area contributed by atoms with Crippen molar-refractivity contribution in [3.05, 3.63) is 109 Å². The molecule has 9 nitrogen and oxygen atoms in total. The Morgan fingerprint density at radius 1 is 0.955 bits per heavy atom. The zero-order valence-corrected chi connectivity index (χ0v) is 26.2. The van der Waals surface area contributed by atoms with Crippen molar-refractivity contribution in [3.63, 3.8) is 0 Å². The van der Waals surface area contributed by atoms with Crippen LogP contribution in [0.5, 0.6) is 0 Å². The van der Waals surface area contributed by atoms with Crippen molar-refractivity contribution in [3.8, 4) is 0 Å². The molecule has 2 unspecified atom stereocenters. The first-order valence-electron chi connectivity index (χ1n) is 13.5. The number of thioether (sulfide) groups is 1. The molecule has 3 amide bonds. The van der Waals surface area contributed by atoms with Crippen LogP contribution in [0.1, 0.15) is 33.6 Å². The minimum atomic E-state index is -0.867. The lowest BCUT2D eigenvalue weighted by atomic mass is 9.83. The number of thiazole rings is 1. The Hall–Kier alpha value is -4.07. The number of nitrogens with zero attached hydrogens (tertiary/aromatic N) is 2. The van der Waals surface area contributed by atoms with Crippen molar-refractivity contribution >= 4 is 74.1 Å². The van der Waals surface area contributed by atoms with Crippen LogP contribution >= 0.6 is 39.0 Å². The smallest absolute Gasteiger partial charge is 0.338 e. The van der Waals surface area contributed by atoms with Crippen LogP contribution in [-0.2, 0) is 25.7 Å². The van der Waals surface area contributed by atoms with Crippen molar-refractivity contribution in [1.29, 1.82) is 0 Å². The highest BCUT2D eigenvalue weighted by Crippen LogP contribution is 2.54. The fraction of sp³-hybridized carbons (Fsp3) is 0.194. The molecule has 0 spiro atoms. The topological polar surface area (TPSA) is 115 Å². The average molecular weight is 697 g/mol. The number of benzene rings is 3. The maximum atomic E-state index is 14.0. The molecule has 3 heterocycles. The summed E-state index contributed by atoms with van der Waals surface area (Å²) < 4.78 is 20.5. The quantitative estimate of drug-likeness (QED) is 0.203. The number of carbonyl (C=O) groups is 4. The molecule has 3 aromatic carbocycles. The van der Waals surface area contributed by atoms with Crippen LogP contribution in [0.2, 0.25) is 0 Å². The number of ether oxygens (including phenoxy) is 1. The molecule has 2 aliphatic rings. The highest BCUT2D eigenvalue weighted by atomic mass is 79.9. The highest BCUT2D eigenvalue weighted by molar-refractivity contribution is 9.10. The molecule has 4 aromatic rings.